The summed E-state index contributed by atoms with van der Waals surface area (Å²) >= 11 is 0. The van der Waals surface area contributed by atoms with Crippen LogP contribution >= 0.6 is 0 Å². The predicted octanol–water partition coefficient (Wildman–Crippen LogP) is 2.84. The molecule has 0 heterocycles. The van der Waals surface area contributed by atoms with Crippen molar-refractivity contribution >= 4 is 11.7 Å². The first kappa shape index (κ1) is 16.3. The molecule has 0 saturated carbocycles. The summed E-state index contributed by atoms with van der Waals surface area (Å²) in [6.45, 7) is -0.0113. The minimum atomic E-state index is -0.562. The summed E-state index contributed by atoms with van der Waals surface area (Å²) < 4.78 is 15.3. The fraction of sp³-hybridized carbons (Fsp3) is 0.188. The van der Waals surface area contributed by atoms with Crippen molar-refractivity contribution in [1.82, 2.24) is 0 Å². The number of nitro groups is 1. The highest BCUT2D eigenvalue weighted by molar-refractivity contribution is 5.89. The summed E-state index contributed by atoms with van der Waals surface area (Å²) in [4.78, 5) is 22.2. The third-order valence-electron chi connectivity index (χ3n) is 2.95. The van der Waals surface area contributed by atoms with Crippen LogP contribution in [0.5, 0.6) is 11.5 Å². The lowest BCUT2D eigenvalue weighted by Crippen LogP contribution is -2.12. The van der Waals surface area contributed by atoms with E-state index < -0.39 is 10.9 Å². The number of hydrogen-bond acceptors (Lipinski definition) is 6. The first-order valence-corrected chi connectivity index (χ1v) is 6.79. The minimum Gasteiger partial charge on any atom is -0.496 e. The van der Waals surface area contributed by atoms with Crippen LogP contribution in [0, 0.1) is 10.1 Å². The van der Waals surface area contributed by atoms with E-state index in [-0.39, 0.29) is 24.7 Å². The molecule has 0 aliphatic carbocycles. The highest BCUT2D eigenvalue weighted by atomic mass is 16.6. The van der Waals surface area contributed by atoms with E-state index in [0.29, 0.717) is 11.3 Å². The molecule has 0 fully saturated rings. The molecule has 0 spiro atoms. The third-order valence-corrected chi connectivity index (χ3v) is 2.95. The van der Waals surface area contributed by atoms with Crippen LogP contribution in [0.15, 0.2) is 48.5 Å². The molecule has 7 nitrogen and oxygen atoms in total. The summed E-state index contributed by atoms with van der Waals surface area (Å²) in [5.74, 6) is -0.0236. The van der Waals surface area contributed by atoms with Crippen molar-refractivity contribution in [1.29, 1.82) is 0 Å². The molecular formula is C16H15NO6. The molecule has 2 aromatic rings. The van der Waals surface area contributed by atoms with Crippen LogP contribution in [0.25, 0.3) is 0 Å². The molecular weight excluding hydrogens is 302 g/mol. The zero-order chi connectivity index (χ0) is 16.7. The van der Waals surface area contributed by atoms with Crippen molar-refractivity contribution in [3.63, 3.8) is 0 Å². The quantitative estimate of drug-likeness (QED) is 0.338. The first-order valence-electron chi connectivity index (χ1n) is 6.79. The molecule has 0 aromatic heterocycles. The Kier molecular flexibility index (Phi) is 5.51. The maximum absolute atomic E-state index is 11.7. The SMILES string of the molecule is COc1ccc(OCCOC(=O)c2ccccc2)c([N+](=O)[O-])c1. The van der Waals surface area contributed by atoms with E-state index in [4.69, 9.17) is 14.2 Å². The van der Waals surface area contributed by atoms with E-state index in [9.17, 15) is 14.9 Å². The number of ether oxygens (including phenoxy) is 3. The first-order chi connectivity index (χ1) is 11.1. The van der Waals surface area contributed by atoms with Crippen molar-refractivity contribution in [2.24, 2.45) is 0 Å². The Morgan fingerprint density at radius 2 is 1.87 bits per heavy atom. The van der Waals surface area contributed by atoms with E-state index in [1.54, 1.807) is 36.4 Å². The monoisotopic (exact) mass is 317 g/mol. The van der Waals surface area contributed by atoms with E-state index >= 15 is 0 Å². The van der Waals surface area contributed by atoms with Gasteiger partial charge in [-0.3, -0.25) is 10.1 Å². The van der Waals surface area contributed by atoms with Crippen molar-refractivity contribution in [3.8, 4) is 11.5 Å². The van der Waals surface area contributed by atoms with Crippen LogP contribution in [0.3, 0.4) is 0 Å². The molecule has 0 radical (unpaired) electrons. The molecule has 0 aliphatic rings. The number of benzene rings is 2. The van der Waals surface area contributed by atoms with Gasteiger partial charge < -0.3 is 14.2 Å². The van der Waals surface area contributed by atoms with Gasteiger partial charge in [-0.25, -0.2) is 4.79 Å². The molecule has 120 valence electrons. The highest BCUT2D eigenvalue weighted by Crippen LogP contribution is 2.30. The van der Waals surface area contributed by atoms with Gasteiger partial charge in [-0.05, 0) is 24.3 Å². The van der Waals surface area contributed by atoms with E-state index in [1.165, 1.54) is 19.2 Å². The molecule has 0 amide bonds. The number of nitro benzene ring substituents is 1. The number of rotatable bonds is 7. The van der Waals surface area contributed by atoms with Gasteiger partial charge in [0.2, 0.25) is 0 Å². The Bertz CT molecular complexity index is 686. The number of nitrogens with zero attached hydrogens (tertiary/aromatic N) is 1. The average molecular weight is 317 g/mol. The number of methoxy groups -OCH3 is 1. The van der Waals surface area contributed by atoms with Crippen LogP contribution in [-0.4, -0.2) is 31.2 Å². The molecule has 0 bridgehead atoms. The number of carbonyl (C=O) groups excluding carboxylic acids is 1. The normalized spacial score (nSPS) is 9.96. The van der Waals surface area contributed by atoms with Crippen LogP contribution in [0.1, 0.15) is 10.4 Å². The van der Waals surface area contributed by atoms with Gasteiger partial charge in [0.05, 0.1) is 23.7 Å². The van der Waals surface area contributed by atoms with Gasteiger partial charge in [0, 0.05) is 0 Å². The largest absolute Gasteiger partial charge is 0.496 e. The fourth-order valence-corrected chi connectivity index (χ4v) is 1.83. The standard InChI is InChI=1S/C16H15NO6/c1-21-13-7-8-15(14(11-13)17(19)20)22-9-10-23-16(18)12-5-3-2-4-6-12/h2-8,11H,9-10H2,1H3. The van der Waals surface area contributed by atoms with Gasteiger partial charge in [0.25, 0.3) is 0 Å². The Balaban J connectivity index is 1.89. The van der Waals surface area contributed by atoms with Crippen molar-refractivity contribution in [2.45, 2.75) is 0 Å². The fourth-order valence-electron chi connectivity index (χ4n) is 1.83. The van der Waals surface area contributed by atoms with E-state index in [2.05, 4.69) is 0 Å². The van der Waals surface area contributed by atoms with E-state index in [0.717, 1.165) is 0 Å². The number of hydrogen-bond donors (Lipinski definition) is 0. The second-order valence-electron chi connectivity index (χ2n) is 4.44. The maximum Gasteiger partial charge on any atom is 0.338 e. The minimum absolute atomic E-state index is 0.00570. The number of esters is 1. The van der Waals surface area contributed by atoms with Gasteiger partial charge in [-0.15, -0.1) is 0 Å². The Morgan fingerprint density at radius 3 is 2.52 bits per heavy atom. The lowest BCUT2D eigenvalue weighted by molar-refractivity contribution is -0.386. The Morgan fingerprint density at radius 1 is 1.13 bits per heavy atom. The zero-order valence-corrected chi connectivity index (χ0v) is 12.4. The molecule has 0 N–H and O–H groups in total. The van der Waals surface area contributed by atoms with Crippen molar-refractivity contribution < 1.29 is 23.9 Å². The smallest absolute Gasteiger partial charge is 0.338 e. The predicted molar refractivity (Wildman–Crippen MR) is 81.9 cm³/mol. The topological polar surface area (TPSA) is 87.9 Å². The van der Waals surface area contributed by atoms with Crippen LogP contribution in [0.4, 0.5) is 5.69 Å². The molecule has 0 unspecified atom stereocenters. The molecule has 0 saturated heterocycles. The van der Waals surface area contributed by atoms with Crippen LogP contribution in [-0.2, 0) is 4.74 Å². The third kappa shape index (κ3) is 4.44. The summed E-state index contributed by atoms with van der Waals surface area (Å²) in [5.41, 5.74) is 0.224. The molecule has 0 atom stereocenters. The summed E-state index contributed by atoms with van der Waals surface area (Å²) in [5, 5.41) is 11.0. The van der Waals surface area contributed by atoms with E-state index in [1.807, 2.05) is 0 Å². The average Bonchev–Trinajstić information content (AvgIpc) is 2.59. The molecule has 2 aromatic carbocycles. The molecule has 2 rings (SSSR count). The summed E-state index contributed by atoms with van der Waals surface area (Å²) in [6.07, 6.45) is 0. The molecule has 0 aliphatic heterocycles. The van der Waals surface area contributed by atoms with Gasteiger partial charge in [-0.1, -0.05) is 18.2 Å². The second-order valence-corrected chi connectivity index (χ2v) is 4.44. The summed E-state index contributed by atoms with van der Waals surface area (Å²) in [7, 11) is 1.42. The number of carbonyl (C=O) groups is 1. The molecule has 23 heavy (non-hydrogen) atoms. The van der Waals surface area contributed by atoms with Gasteiger partial charge in [0.15, 0.2) is 5.75 Å². The van der Waals surface area contributed by atoms with Gasteiger partial charge in [-0.2, -0.15) is 0 Å². The van der Waals surface area contributed by atoms with Crippen molar-refractivity contribution in [2.75, 3.05) is 20.3 Å². The second kappa shape index (κ2) is 7.79. The highest BCUT2D eigenvalue weighted by Gasteiger charge is 2.16. The van der Waals surface area contributed by atoms with Crippen LogP contribution < -0.4 is 9.47 Å². The maximum atomic E-state index is 11.7. The zero-order valence-electron chi connectivity index (χ0n) is 12.4. The molecule has 7 heteroatoms. The van der Waals surface area contributed by atoms with Crippen LogP contribution in [0.2, 0.25) is 0 Å². The lowest BCUT2D eigenvalue weighted by atomic mass is 10.2. The Hall–Kier alpha value is -3.09. The Labute approximate surface area is 132 Å². The van der Waals surface area contributed by atoms with Gasteiger partial charge in [0.1, 0.15) is 19.0 Å². The summed E-state index contributed by atoms with van der Waals surface area (Å²) in [6, 6.07) is 12.8. The van der Waals surface area contributed by atoms with Gasteiger partial charge >= 0.3 is 11.7 Å². The lowest BCUT2D eigenvalue weighted by Gasteiger charge is -2.08. The van der Waals surface area contributed by atoms with Crippen molar-refractivity contribution in [3.05, 3.63) is 64.2 Å².